The van der Waals surface area contributed by atoms with E-state index >= 15 is 0 Å². The van der Waals surface area contributed by atoms with Crippen LogP contribution in [0.15, 0.2) is 36.4 Å². The minimum atomic E-state index is -3.34. The van der Waals surface area contributed by atoms with Gasteiger partial charge in [0, 0.05) is 32.2 Å². The van der Waals surface area contributed by atoms with Gasteiger partial charge in [-0.1, -0.05) is 47.5 Å². The number of halogens is 1. The summed E-state index contributed by atoms with van der Waals surface area (Å²) in [7, 11) is -1.66. The Hall–Kier alpha value is -3.41. The number of likely N-dealkylation sites (N-methyl/N-ethyl adjacent to an activating group) is 1. The molecular weight excluding hydrogens is 554 g/mol. The maximum atomic E-state index is 13.8. The zero-order valence-corrected chi connectivity index (χ0v) is 24.1. The van der Waals surface area contributed by atoms with Gasteiger partial charge in [0.15, 0.2) is 5.69 Å². The number of rotatable bonds is 4. The molecule has 3 aliphatic heterocycles. The predicted octanol–water partition coefficient (Wildman–Crippen LogP) is 2.63. The van der Waals surface area contributed by atoms with Crippen molar-refractivity contribution in [2.75, 3.05) is 37.9 Å². The van der Waals surface area contributed by atoms with Gasteiger partial charge in [-0.2, -0.15) is 9.40 Å². The average molecular weight is 584 g/mol. The first kappa shape index (κ1) is 26.8. The molecule has 1 atom stereocenters. The minimum absolute atomic E-state index is 0.00320. The van der Waals surface area contributed by atoms with E-state index in [9.17, 15) is 18.0 Å². The lowest BCUT2D eigenvalue weighted by atomic mass is 9.97. The fraction of sp³-hybridized carbons (Fsp3) is 0.393. The number of hydrogen-bond donors (Lipinski definition) is 0. The Kier molecular flexibility index (Phi) is 6.63. The number of amides is 2. The fourth-order valence-electron chi connectivity index (χ4n) is 5.88. The van der Waals surface area contributed by atoms with Gasteiger partial charge in [0.25, 0.3) is 11.8 Å². The summed E-state index contributed by atoms with van der Waals surface area (Å²) in [5, 5.41) is 5.00. The highest BCUT2D eigenvalue weighted by atomic mass is 35.5. The number of aryl methyl sites for hydroxylation is 1. The van der Waals surface area contributed by atoms with Gasteiger partial charge in [-0.05, 0) is 42.5 Å². The van der Waals surface area contributed by atoms with E-state index in [2.05, 4.69) is 11.2 Å². The highest BCUT2D eigenvalue weighted by Gasteiger charge is 2.42. The van der Waals surface area contributed by atoms with Gasteiger partial charge in [0.05, 0.1) is 18.5 Å². The Morgan fingerprint density at radius 1 is 1.10 bits per heavy atom. The molecule has 0 N–H and O–H groups in total. The van der Waals surface area contributed by atoms with E-state index in [0.29, 0.717) is 54.6 Å². The first-order valence-electron chi connectivity index (χ1n) is 13.1. The fourth-order valence-corrected chi connectivity index (χ4v) is 6.96. The predicted molar refractivity (Wildman–Crippen MR) is 150 cm³/mol. The van der Waals surface area contributed by atoms with Gasteiger partial charge >= 0.3 is 0 Å². The molecule has 210 valence electrons. The summed E-state index contributed by atoms with van der Waals surface area (Å²) >= 11 is 6.66. The van der Waals surface area contributed by atoms with Crippen LogP contribution < -0.4 is 9.64 Å². The molecule has 0 bridgehead atoms. The van der Waals surface area contributed by atoms with Gasteiger partial charge < -0.3 is 14.5 Å². The van der Waals surface area contributed by atoms with Gasteiger partial charge in [-0.25, -0.2) is 13.1 Å². The smallest absolute Gasteiger partial charge is 0.275 e. The number of nitrogens with zero attached hydrogens (tertiary/aromatic N) is 5. The zero-order chi connectivity index (χ0) is 28.3. The topological polar surface area (TPSA) is 105 Å². The number of fused-ring (bicyclic) bond motifs is 4. The van der Waals surface area contributed by atoms with Crippen molar-refractivity contribution in [3.63, 3.8) is 0 Å². The lowest BCUT2D eigenvalue weighted by Crippen LogP contribution is -2.54. The molecule has 0 radical (unpaired) electrons. The number of hydrogen-bond acceptors (Lipinski definition) is 6. The van der Waals surface area contributed by atoms with Crippen molar-refractivity contribution in [1.82, 2.24) is 19.0 Å². The molecule has 1 aromatic heterocycles. The second kappa shape index (κ2) is 9.90. The number of benzene rings is 2. The minimum Gasteiger partial charge on any atom is -0.489 e. The lowest BCUT2D eigenvalue weighted by Gasteiger charge is -2.34. The molecule has 10 nitrogen and oxygen atoms in total. The summed E-state index contributed by atoms with van der Waals surface area (Å²) < 4.78 is 33.4. The Morgan fingerprint density at radius 2 is 1.88 bits per heavy atom. The van der Waals surface area contributed by atoms with Crippen LogP contribution in [0.25, 0.3) is 0 Å². The number of anilines is 1. The maximum absolute atomic E-state index is 13.8. The number of aromatic nitrogens is 2. The van der Waals surface area contributed by atoms with Crippen LogP contribution in [0.3, 0.4) is 0 Å². The number of sulfonamides is 1. The Labute approximate surface area is 238 Å². The second-order valence-electron chi connectivity index (χ2n) is 10.6. The summed E-state index contributed by atoms with van der Waals surface area (Å²) in [5.74, 6) is -0.0708. The quantitative estimate of drug-likeness (QED) is 0.468. The van der Waals surface area contributed by atoms with Crippen LogP contribution in [0.2, 0.25) is 5.15 Å². The summed E-state index contributed by atoms with van der Waals surface area (Å²) in [6.45, 7) is 3.34. The van der Waals surface area contributed by atoms with E-state index in [4.69, 9.17) is 16.3 Å². The number of carbonyl (C=O) groups is 2. The van der Waals surface area contributed by atoms with Crippen LogP contribution in [0, 0.1) is 6.92 Å². The molecule has 0 aliphatic carbocycles. The average Bonchev–Trinajstić information content (AvgIpc) is 3.16. The van der Waals surface area contributed by atoms with Crippen LogP contribution in [0.4, 0.5) is 5.69 Å². The Balaban J connectivity index is 1.26. The summed E-state index contributed by atoms with van der Waals surface area (Å²) in [4.78, 5) is 30.6. The molecule has 0 saturated carbocycles. The van der Waals surface area contributed by atoms with Gasteiger partial charge in [0.2, 0.25) is 10.0 Å². The third kappa shape index (κ3) is 4.55. The van der Waals surface area contributed by atoms with Crippen molar-refractivity contribution >= 4 is 39.1 Å². The highest BCUT2D eigenvalue weighted by Crippen LogP contribution is 2.40. The van der Waals surface area contributed by atoms with Crippen molar-refractivity contribution in [3.8, 4) is 5.75 Å². The molecule has 0 unspecified atom stereocenters. The normalized spacial score (nSPS) is 19.6. The monoisotopic (exact) mass is 583 g/mol. The molecule has 2 aromatic carbocycles. The highest BCUT2D eigenvalue weighted by molar-refractivity contribution is 7.88. The molecule has 3 aliphatic rings. The molecule has 3 aromatic rings. The first-order valence-corrected chi connectivity index (χ1v) is 15.4. The van der Waals surface area contributed by atoms with Crippen molar-refractivity contribution in [2.24, 2.45) is 0 Å². The second-order valence-corrected chi connectivity index (χ2v) is 13.0. The van der Waals surface area contributed by atoms with Gasteiger partial charge in [-0.15, -0.1) is 0 Å². The standard InChI is InChI=1S/C28H30ClN5O5S/c1-17-5-4-6-18(13-17)14-34-26(29)21-10-12-33(28(36)24(21)30-34)22-16-39-23-8-7-19-15-32(40(3,37)38)11-9-20(19)25(23)31(2)27(22)35/h4-8,13,22H,9-12,14-16H2,1-3H3/t22-/m0/s1. The van der Waals surface area contributed by atoms with Gasteiger partial charge in [-0.3, -0.25) is 9.59 Å². The van der Waals surface area contributed by atoms with Crippen LogP contribution in [-0.4, -0.2) is 78.3 Å². The van der Waals surface area contributed by atoms with E-state index in [-0.39, 0.29) is 30.7 Å². The SMILES string of the molecule is Cc1cccc(Cn2nc3c(c2Cl)CCN([C@H]2COc4ccc5c(c4N(C)C2=O)CCN(S(C)(=O)=O)C5)C3=O)c1. The van der Waals surface area contributed by atoms with E-state index in [1.165, 1.54) is 15.5 Å². The molecule has 0 fully saturated rings. The number of carbonyl (C=O) groups excluding carboxylic acids is 2. The van der Waals surface area contributed by atoms with Crippen molar-refractivity contribution in [1.29, 1.82) is 0 Å². The van der Waals surface area contributed by atoms with Crippen molar-refractivity contribution in [2.45, 2.75) is 38.9 Å². The molecule has 6 rings (SSSR count). The molecule has 2 amide bonds. The molecule has 12 heteroatoms. The van der Waals surface area contributed by atoms with Crippen LogP contribution >= 0.6 is 11.6 Å². The third-order valence-corrected chi connectivity index (χ3v) is 9.63. The van der Waals surface area contributed by atoms with E-state index in [1.54, 1.807) is 22.7 Å². The molecule has 4 heterocycles. The van der Waals surface area contributed by atoms with E-state index in [0.717, 1.165) is 22.3 Å². The molecule has 0 spiro atoms. The maximum Gasteiger partial charge on any atom is 0.275 e. The van der Waals surface area contributed by atoms with Crippen molar-refractivity contribution in [3.05, 3.63) is 75.1 Å². The van der Waals surface area contributed by atoms with E-state index in [1.807, 2.05) is 31.2 Å². The zero-order valence-electron chi connectivity index (χ0n) is 22.6. The summed E-state index contributed by atoms with van der Waals surface area (Å²) in [6, 6.07) is 10.8. The lowest BCUT2D eigenvalue weighted by molar-refractivity contribution is -0.123. The first-order chi connectivity index (χ1) is 19.0. The third-order valence-electron chi connectivity index (χ3n) is 7.96. The molecular formula is C28H30ClN5O5S. The largest absolute Gasteiger partial charge is 0.489 e. The van der Waals surface area contributed by atoms with Crippen molar-refractivity contribution < 1.29 is 22.7 Å². The Morgan fingerprint density at radius 3 is 2.62 bits per heavy atom. The van der Waals surface area contributed by atoms with Crippen LogP contribution in [-0.2, 0) is 40.7 Å². The van der Waals surface area contributed by atoms with Crippen LogP contribution in [0.1, 0.15) is 38.3 Å². The molecule has 40 heavy (non-hydrogen) atoms. The summed E-state index contributed by atoms with van der Waals surface area (Å²) in [5.41, 5.74) is 5.47. The Bertz CT molecular complexity index is 1650. The summed E-state index contributed by atoms with van der Waals surface area (Å²) in [6.07, 6.45) is 2.13. The number of ether oxygens (including phenoxy) is 1. The van der Waals surface area contributed by atoms with Gasteiger partial charge in [0.1, 0.15) is 23.6 Å². The van der Waals surface area contributed by atoms with E-state index < -0.39 is 16.1 Å². The van der Waals surface area contributed by atoms with Crippen LogP contribution in [0.5, 0.6) is 5.75 Å². The molecule has 0 saturated heterocycles.